The van der Waals surface area contributed by atoms with Gasteiger partial charge >= 0.3 is 0 Å². The minimum atomic E-state index is -0.298. The van der Waals surface area contributed by atoms with E-state index in [1.807, 2.05) is 64.3 Å². The number of benzene rings is 1. The van der Waals surface area contributed by atoms with E-state index in [2.05, 4.69) is 20.1 Å². The lowest BCUT2D eigenvalue weighted by molar-refractivity contribution is 0.0687. The maximum atomic E-state index is 13.5. The van der Waals surface area contributed by atoms with Crippen molar-refractivity contribution >= 4 is 5.91 Å². The van der Waals surface area contributed by atoms with Crippen molar-refractivity contribution in [3.8, 4) is 0 Å². The van der Waals surface area contributed by atoms with E-state index in [0.717, 1.165) is 29.1 Å². The zero-order chi connectivity index (χ0) is 19.6. The molecule has 0 fully saturated rings. The lowest BCUT2D eigenvalue weighted by Gasteiger charge is -2.34. The molecule has 1 aliphatic rings. The second-order valence-electron chi connectivity index (χ2n) is 7.08. The summed E-state index contributed by atoms with van der Waals surface area (Å²) in [5, 5.41) is 4.25. The Hall–Kier alpha value is -3.74. The summed E-state index contributed by atoms with van der Waals surface area (Å²) in [7, 11) is 0. The topological polar surface area (TPSA) is 79.7 Å². The minimum absolute atomic E-state index is 0.0170. The van der Waals surface area contributed by atoms with Crippen LogP contribution in [0.1, 0.15) is 39.0 Å². The third-order valence-corrected chi connectivity index (χ3v) is 5.23. The predicted molar refractivity (Wildman–Crippen MR) is 107 cm³/mol. The third-order valence-electron chi connectivity index (χ3n) is 5.23. The first-order valence-corrected chi connectivity index (χ1v) is 9.60. The van der Waals surface area contributed by atoms with E-state index in [0.29, 0.717) is 18.7 Å². The van der Waals surface area contributed by atoms with Crippen molar-refractivity contribution < 1.29 is 4.79 Å². The summed E-state index contributed by atoms with van der Waals surface area (Å²) in [6, 6.07) is 15.1. The Morgan fingerprint density at radius 2 is 2.07 bits per heavy atom. The predicted octanol–water partition coefficient (Wildman–Crippen LogP) is 2.84. The molecule has 7 heteroatoms. The molecule has 0 saturated heterocycles. The lowest BCUT2D eigenvalue weighted by atomic mass is 9.97. The molecule has 7 nitrogen and oxygen atoms in total. The summed E-state index contributed by atoms with van der Waals surface area (Å²) in [4.78, 5) is 27.6. The van der Waals surface area contributed by atoms with Gasteiger partial charge in [0.25, 0.3) is 5.91 Å². The Balaban J connectivity index is 1.48. The quantitative estimate of drug-likeness (QED) is 0.587. The van der Waals surface area contributed by atoms with Crippen molar-refractivity contribution in [2.45, 2.75) is 19.0 Å². The smallest absolute Gasteiger partial charge is 0.254 e. The first kappa shape index (κ1) is 17.4. The van der Waals surface area contributed by atoms with Crippen molar-refractivity contribution in [2.75, 3.05) is 6.54 Å². The molecule has 1 amide bonds. The van der Waals surface area contributed by atoms with Crippen LogP contribution in [0.25, 0.3) is 0 Å². The molecular weight excluding hydrogens is 364 g/mol. The second kappa shape index (κ2) is 7.35. The Morgan fingerprint density at radius 1 is 1.10 bits per heavy atom. The van der Waals surface area contributed by atoms with Crippen LogP contribution in [0.3, 0.4) is 0 Å². The van der Waals surface area contributed by atoms with Crippen LogP contribution in [0.4, 0.5) is 0 Å². The van der Waals surface area contributed by atoms with Crippen molar-refractivity contribution in [3.63, 3.8) is 0 Å². The number of hydrogen-bond donors (Lipinski definition) is 1. The van der Waals surface area contributed by atoms with Crippen molar-refractivity contribution in [2.24, 2.45) is 0 Å². The number of H-pyrrole nitrogens is 1. The summed E-state index contributed by atoms with van der Waals surface area (Å²) in [6.45, 7) is 1.24. The van der Waals surface area contributed by atoms with Crippen LogP contribution < -0.4 is 0 Å². The number of rotatable bonds is 4. The summed E-state index contributed by atoms with van der Waals surface area (Å²) in [5.41, 5.74) is 4.45. The molecule has 1 N–H and O–H groups in total. The molecule has 0 spiro atoms. The van der Waals surface area contributed by atoms with Gasteiger partial charge < -0.3 is 9.88 Å². The largest absolute Gasteiger partial charge is 0.348 e. The average Bonchev–Trinajstić information content (AvgIpc) is 3.45. The van der Waals surface area contributed by atoms with Gasteiger partial charge in [-0.05, 0) is 35.9 Å². The minimum Gasteiger partial charge on any atom is -0.348 e. The monoisotopic (exact) mass is 384 g/mol. The molecule has 1 unspecified atom stereocenters. The van der Waals surface area contributed by atoms with Crippen molar-refractivity contribution in [3.05, 3.63) is 102 Å². The van der Waals surface area contributed by atoms with Gasteiger partial charge in [0.2, 0.25) is 0 Å². The highest BCUT2D eigenvalue weighted by Crippen LogP contribution is 2.33. The Kier molecular flexibility index (Phi) is 4.40. The third kappa shape index (κ3) is 3.31. The maximum absolute atomic E-state index is 13.5. The van der Waals surface area contributed by atoms with Gasteiger partial charge in [0.05, 0.1) is 24.3 Å². The molecule has 4 heterocycles. The lowest BCUT2D eigenvalue weighted by Crippen LogP contribution is -2.41. The number of aromatic amines is 1. The molecular formula is C22H20N6O. The van der Waals surface area contributed by atoms with Gasteiger partial charge in [-0.25, -0.2) is 4.98 Å². The summed E-state index contributed by atoms with van der Waals surface area (Å²) >= 11 is 0. The fourth-order valence-electron chi connectivity index (χ4n) is 3.88. The molecule has 1 aromatic carbocycles. The van der Waals surface area contributed by atoms with E-state index in [1.165, 1.54) is 0 Å². The molecule has 0 radical (unpaired) electrons. The molecule has 144 valence electrons. The Bertz CT molecular complexity index is 1120. The molecule has 3 aromatic heterocycles. The fourth-order valence-corrected chi connectivity index (χ4v) is 3.88. The maximum Gasteiger partial charge on any atom is 0.254 e. The number of nitrogens with zero attached hydrogens (tertiary/aromatic N) is 5. The highest BCUT2D eigenvalue weighted by atomic mass is 16.2. The Morgan fingerprint density at radius 3 is 2.90 bits per heavy atom. The number of fused-ring (bicyclic) bond motifs is 1. The second-order valence-corrected chi connectivity index (χ2v) is 7.08. The van der Waals surface area contributed by atoms with E-state index in [1.54, 1.807) is 18.7 Å². The molecule has 5 rings (SSSR count). The Labute approximate surface area is 168 Å². The number of aromatic nitrogens is 5. The first-order valence-electron chi connectivity index (χ1n) is 9.60. The van der Waals surface area contributed by atoms with Crippen LogP contribution in [0.15, 0.2) is 73.4 Å². The number of pyridine rings is 1. The van der Waals surface area contributed by atoms with Gasteiger partial charge in [-0.2, -0.15) is 5.10 Å². The average molecular weight is 384 g/mol. The number of nitrogens with one attached hydrogen (secondary N) is 1. The van der Waals surface area contributed by atoms with Gasteiger partial charge in [-0.3, -0.25) is 14.5 Å². The number of carbonyl (C=O) groups excluding carboxylic acids is 1. The van der Waals surface area contributed by atoms with E-state index in [-0.39, 0.29) is 11.9 Å². The number of amides is 1. The zero-order valence-electron chi connectivity index (χ0n) is 15.8. The van der Waals surface area contributed by atoms with E-state index in [4.69, 9.17) is 0 Å². The van der Waals surface area contributed by atoms with Gasteiger partial charge in [-0.1, -0.05) is 18.2 Å². The van der Waals surface area contributed by atoms with Crippen LogP contribution in [0.5, 0.6) is 0 Å². The molecule has 0 bridgehead atoms. The normalized spacial score (nSPS) is 15.9. The van der Waals surface area contributed by atoms with Crippen LogP contribution in [-0.2, 0) is 13.0 Å². The van der Waals surface area contributed by atoms with Crippen LogP contribution in [0, 0.1) is 0 Å². The highest BCUT2D eigenvalue weighted by Gasteiger charge is 2.35. The van der Waals surface area contributed by atoms with Gasteiger partial charge in [0.15, 0.2) is 0 Å². The standard InChI is InChI=1S/C22H20N6O/c29-22(17-6-3-5-16(13-17)14-27-11-4-10-26-27)28-12-8-18-20(25-15-24-18)21(28)19-7-1-2-9-23-19/h1-7,9-11,13,15,21H,8,12,14H2,(H,24,25). The van der Waals surface area contributed by atoms with Crippen LogP contribution >= 0.6 is 0 Å². The molecule has 29 heavy (non-hydrogen) atoms. The molecule has 1 aliphatic heterocycles. The van der Waals surface area contributed by atoms with E-state index in [9.17, 15) is 4.79 Å². The molecule has 0 aliphatic carbocycles. The van der Waals surface area contributed by atoms with Gasteiger partial charge in [0, 0.05) is 42.8 Å². The van der Waals surface area contributed by atoms with Gasteiger partial charge in [-0.15, -0.1) is 0 Å². The van der Waals surface area contributed by atoms with E-state index >= 15 is 0 Å². The zero-order valence-corrected chi connectivity index (χ0v) is 15.8. The van der Waals surface area contributed by atoms with Crippen molar-refractivity contribution in [1.29, 1.82) is 0 Å². The molecule has 1 atom stereocenters. The molecule has 0 saturated carbocycles. The fraction of sp³-hybridized carbons (Fsp3) is 0.182. The van der Waals surface area contributed by atoms with Crippen LogP contribution in [-0.4, -0.2) is 42.1 Å². The highest BCUT2D eigenvalue weighted by molar-refractivity contribution is 5.95. The van der Waals surface area contributed by atoms with Crippen molar-refractivity contribution in [1.82, 2.24) is 29.6 Å². The van der Waals surface area contributed by atoms with Crippen LogP contribution in [0.2, 0.25) is 0 Å². The van der Waals surface area contributed by atoms with E-state index < -0.39 is 0 Å². The summed E-state index contributed by atoms with van der Waals surface area (Å²) in [5.74, 6) is -0.0170. The summed E-state index contributed by atoms with van der Waals surface area (Å²) in [6.07, 6.45) is 7.86. The first-order chi connectivity index (χ1) is 14.3. The number of hydrogen-bond acceptors (Lipinski definition) is 4. The number of carbonyl (C=O) groups is 1. The summed E-state index contributed by atoms with van der Waals surface area (Å²) < 4.78 is 1.84. The SMILES string of the molecule is O=C(c1cccc(Cn2cccn2)c1)N1CCc2[nH]cnc2C1c1ccccn1. The van der Waals surface area contributed by atoms with Gasteiger partial charge in [0.1, 0.15) is 6.04 Å². The number of imidazole rings is 1. The molecule has 4 aromatic rings.